The third kappa shape index (κ3) is 4.38. The molecule has 2 N–H and O–H groups in total. The molecule has 0 radical (unpaired) electrons. The zero-order chi connectivity index (χ0) is 26.5. The smallest absolute Gasteiger partial charge is 0.341 e. The number of piperidine rings is 1. The van der Waals surface area contributed by atoms with Crippen LogP contribution in [0.5, 0.6) is 0 Å². The monoisotopic (exact) mass is 532 g/mol. The van der Waals surface area contributed by atoms with Crippen molar-refractivity contribution in [3.8, 4) is 11.8 Å². The Hall–Kier alpha value is -3.70. The van der Waals surface area contributed by atoms with Gasteiger partial charge in [0.2, 0.25) is 5.95 Å². The first-order valence-corrected chi connectivity index (χ1v) is 12.3. The summed E-state index contributed by atoms with van der Waals surface area (Å²) < 4.78 is 52.5. The van der Waals surface area contributed by atoms with Crippen molar-refractivity contribution in [2.24, 2.45) is 12.8 Å². The maximum absolute atomic E-state index is 13.7. The number of nitrogens with two attached hydrogens (primary N) is 1. The fourth-order valence-corrected chi connectivity index (χ4v) is 5.22. The summed E-state index contributed by atoms with van der Waals surface area (Å²) in [6.45, 7) is 2.65. The molecule has 4 aromatic rings. The minimum Gasteiger partial charge on any atom is -0.341 e. The molecule has 4 heterocycles. The summed E-state index contributed by atoms with van der Waals surface area (Å²) in [5.41, 5.74) is 4.03. The molecule has 1 atom stereocenters. The number of hydrogen-bond donors (Lipinski definition) is 1. The van der Waals surface area contributed by atoms with Crippen molar-refractivity contribution < 1.29 is 13.2 Å². The van der Waals surface area contributed by atoms with Crippen molar-refractivity contribution in [1.82, 2.24) is 27.4 Å². The lowest BCUT2D eigenvalue weighted by molar-refractivity contribution is -0.136. The fraction of sp³-hybridized carbons (Fsp3) is 0.435. The summed E-state index contributed by atoms with van der Waals surface area (Å²) >= 11 is 0.662. The van der Waals surface area contributed by atoms with E-state index in [9.17, 15) is 22.8 Å². The molecule has 0 aliphatic carbocycles. The number of halogens is 3. The average molecular weight is 533 g/mol. The van der Waals surface area contributed by atoms with Gasteiger partial charge in [-0.2, -0.15) is 26.9 Å². The van der Waals surface area contributed by atoms with Gasteiger partial charge in [-0.15, -0.1) is 5.92 Å². The molecular weight excluding hydrogens is 509 g/mol. The Balaban J connectivity index is 1.70. The molecule has 10 nitrogen and oxygen atoms in total. The van der Waals surface area contributed by atoms with E-state index in [1.165, 1.54) is 17.7 Å². The highest BCUT2D eigenvalue weighted by Crippen LogP contribution is 2.35. The van der Waals surface area contributed by atoms with Crippen LogP contribution in [0.15, 0.2) is 21.7 Å². The molecule has 1 aromatic carbocycles. The van der Waals surface area contributed by atoms with Gasteiger partial charge in [-0.3, -0.25) is 18.5 Å². The third-order valence-corrected chi connectivity index (χ3v) is 6.98. The SMILES string of the molecule is CC#CCn1c(N2CCC[C@@H](N)C2)nc2c1c(=O)n(Cc1cc(C(F)(F)F)c3nsnc3c1)c(=O)n2C. The first kappa shape index (κ1) is 25.0. The summed E-state index contributed by atoms with van der Waals surface area (Å²) in [6.07, 6.45) is -2.95. The minimum atomic E-state index is -4.68. The van der Waals surface area contributed by atoms with E-state index in [0.29, 0.717) is 30.8 Å². The molecule has 0 bridgehead atoms. The first-order valence-electron chi connectivity index (χ1n) is 11.5. The highest BCUT2D eigenvalue weighted by molar-refractivity contribution is 7.00. The molecule has 37 heavy (non-hydrogen) atoms. The Bertz CT molecular complexity index is 1690. The summed E-state index contributed by atoms with van der Waals surface area (Å²) in [7, 11) is 1.48. The zero-order valence-electron chi connectivity index (χ0n) is 20.0. The first-order chi connectivity index (χ1) is 17.6. The van der Waals surface area contributed by atoms with Crippen LogP contribution in [-0.2, 0) is 26.3 Å². The van der Waals surface area contributed by atoms with E-state index in [1.807, 2.05) is 4.90 Å². The van der Waals surface area contributed by atoms with Crippen molar-refractivity contribution in [3.63, 3.8) is 0 Å². The van der Waals surface area contributed by atoms with Crippen LogP contribution in [0.4, 0.5) is 19.1 Å². The number of alkyl halides is 3. The van der Waals surface area contributed by atoms with Crippen molar-refractivity contribution in [2.75, 3.05) is 18.0 Å². The second-order valence-electron chi connectivity index (χ2n) is 8.95. The number of aromatic nitrogens is 6. The Morgan fingerprint density at radius 3 is 2.70 bits per heavy atom. The molecule has 0 saturated carbocycles. The molecule has 0 unspecified atom stereocenters. The number of nitrogens with zero attached hydrogens (tertiary/aromatic N) is 7. The average Bonchev–Trinajstić information content (AvgIpc) is 3.48. The van der Waals surface area contributed by atoms with Gasteiger partial charge in [-0.1, -0.05) is 5.92 Å². The zero-order valence-corrected chi connectivity index (χ0v) is 20.9. The van der Waals surface area contributed by atoms with Crippen LogP contribution < -0.4 is 21.9 Å². The van der Waals surface area contributed by atoms with Gasteiger partial charge >= 0.3 is 11.9 Å². The maximum atomic E-state index is 13.7. The highest BCUT2D eigenvalue weighted by Gasteiger charge is 2.35. The summed E-state index contributed by atoms with van der Waals surface area (Å²) in [6, 6.07) is 2.25. The van der Waals surface area contributed by atoms with Crippen LogP contribution in [0.1, 0.15) is 30.9 Å². The number of hydrogen-bond acceptors (Lipinski definition) is 8. The fourth-order valence-electron chi connectivity index (χ4n) is 4.68. The molecule has 3 aromatic heterocycles. The lowest BCUT2D eigenvalue weighted by atomic mass is 10.1. The Morgan fingerprint density at radius 1 is 1.22 bits per heavy atom. The molecule has 14 heteroatoms. The molecule has 5 rings (SSSR count). The van der Waals surface area contributed by atoms with E-state index >= 15 is 0 Å². The molecule has 1 saturated heterocycles. The van der Waals surface area contributed by atoms with E-state index in [2.05, 4.69) is 25.6 Å². The van der Waals surface area contributed by atoms with Gasteiger partial charge in [0.25, 0.3) is 5.56 Å². The molecule has 1 aliphatic rings. The number of rotatable bonds is 4. The molecule has 194 valence electrons. The van der Waals surface area contributed by atoms with Crippen LogP contribution in [0, 0.1) is 11.8 Å². The molecule has 1 fully saturated rings. The predicted molar refractivity (Wildman–Crippen MR) is 134 cm³/mol. The molecule has 1 aliphatic heterocycles. The Kier molecular flexibility index (Phi) is 6.28. The van der Waals surface area contributed by atoms with Gasteiger partial charge in [0.15, 0.2) is 11.2 Å². The minimum absolute atomic E-state index is 0.0489. The van der Waals surface area contributed by atoms with E-state index in [4.69, 9.17) is 5.73 Å². The van der Waals surface area contributed by atoms with Crippen LogP contribution in [0.2, 0.25) is 0 Å². The quantitative estimate of drug-likeness (QED) is 0.399. The summed E-state index contributed by atoms with van der Waals surface area (Å²) in [5.74, 6) is 6.23. The van der Waals surface area contributed by atoms with Crippen LogP contribution in [-0.4, -0.2) is 46.6 Å². The van der Waals surface area contributed by atoms with Crippen molar-refractivity contribution in [1.29, 1.82) is 0 Å². The van der Waals surface area contributed by atoms with Gasteiger partial charge in [0.1, 0.15) is 11.0 Å². The summed E-state index contributed by atoms with van der Waals surface area (Å²) in [4.78, 5) is 33.5. The lowest BCUT2D eigenvalue weighted by Gasteiger charge is -2.31. The van der Waals surface area contributed by atoms with Gasteiger partial charge in [0, 0.05) is 26.2 Å². The number of aryl methyl sites for hydroxylation is 1. The van der Waals surface area contributed by atoms with Crippen LogP contribution in [0.25, 0.3) is 22.2 Å². The van der Waals surface area contributed by atoms with Crippen LogP contribution in [0.3, 0.4) is 0 Å². The van der Waals surface area contributed by atoms with Gasteiger partial charge < -0.3 is 10.6 Å². The Morgan fingerprint density at radius 2 is 2.00 bits per heavy atom. The largest absolute Gasteiger partial charge is 0.418 e. The lowest BCUT2D eigenvalue weighted by Crippen LogP contribution is -2.44. The summed E-state index contributed by atoms with van der Waals surface area (Å²) in [5, 5.41) is 0. The molecule has 0 amide bonds. The van der Waals surface area contributed by atoms with E-state index < -0.39 is 23.0 Å². The number of fused-ring (bicyclic) bond motifs is 2. The molecular formula is C23H23F3N8O2S. The number of anilines is 1. The maximum Gasteiger partial charge on any atom is 0.418 e. The molecule has 0 spiro atoms. The number of imidazole rings is 1. The van der Waals surface area contributed by atoms with E-state index in [-0.39, 0.29) is 46.9 Å². The Labute approximate surface area is 212 Å². The number of benzene rings is 1. The standard InChI is InChI=1S/C23H23F3N8O2S/c1-3-4-8-33-18-19(28-21(33)32-7-5-6-14(27)12-32)31(2)22(36)34(20(18)35)11-13-9-15(23(24,25)26)17-16(10-13)29-37-30-17/h9-10,14H,5-8,11-12,27H2,1-2H3/t14-/m1/s1. The highest BCUT2D eigenvalue weighted by atomic mass is 32.1. The van der Waals surface area contributed by atoms with Crippen molar-refractivity contribution in [2.45, 2.75) is 45.1 Å². The topological polar surface area (TPSA) is 117 Å². The third-order valence-electron chi connectivity index (χ3n) is 6.43. The van der Waals surface area contributed by atoms with Crippen molar-refractivity contribution in [3.05, 3.63) is 44.1 Å². The van der Waals surface area contributed by atoms with E-state index in [0.717, 1.165) is 23.5 Å². The van der Waals surface area contributed by atoms with E-state index in [1.54, 1.807) is 11.5 Å². The van der Waals surface area contributed by atoms with Gasteiger partial charge in [-0.25, -0.2) is 4.79 Å². The second-order valence-corrected chi connectivity index (χ2v) is 9.48. The van der Waals surface area contributed by atoms with Crippen LogP contribution >= 0.6 is 11.7 Å². The second kappa shape index (κ2) is 9.31. The van der Waals surface area contributed by atoms with Gasteiger partial charge in [-0.05, 0) is 37.5 Å². The normalized spacial score (nSPS) is 16.4. The van der Waals surface area contributed by atoms with Gasteiger partial charge in [0.05, 0.1) is 30.4 Å². The predicted octanol–water partition coefficient (Wildman–Crippen LogP) is 1.92. The van der Waals surface area contributed by atoms with Crippen molar-refractivity contribution >= 4 is 39.9 Å².